The minimum absolute atomic E-state index is 0. The smallest absolute Gasteiger partial charge is 0.328 e. The fraction of sp³-hybridized carbons (Fsp3) is 0.579. The van der Waals surface area contributed by atoms with Gasteiger partial charge in [0.25, 0.3) is 0 Å². The average Bonchev–Trinajstić information content (AvgIpc) is 2.66. The van der Waals surface area contributed by atoms with Gasteiger partial charge in [-0.1, -0.05) is 36.8 Å². The van der Waals surface area contributed by atoms with Crippen LogP contribution in [0, 0.1) is 0 Å². The SMILES string of the molecule is Cl.NCCCC[C@H](NC(=O)[C@@H](N)CCCCN)C(=O)OCc1ccccc1. The summed E-state index contributed by atoms with van der Waals surface area (Å²) in [4.78, 5) is 24.7. The predicted molar refractivity (Wildman–Crippen MR) is 109 cm³/mol. The first-order chi connectivity index (χ1) is 12.6. The van der Waals surface area contributed by atoms with Crippen LogP contribution in [0.2, 0.25) is 0 Å². The van der Waals surface area contributed by atoms with Crippen molar-refractivity contribution in [2.24, 2.45) is 17.2 Å². The molecule has 0 spiro atoms. The predicted octanol–water partition coefficient (Wildman–Crippen LogP) is 1.22. The van der Waals surface area contributed by atoms with E-state index in [2.05, 4.69) is 5.32 Å². The number of carbonyl (C=O) groups is 2. The first-order valence-electron chi connectivity index (χ1n) is 9.25. The van der Waals surface area contributed by atoms with Crippen LogP contribution in [0.25, 0.3) is 0 Å². The largest absolute Gasteiger partial charge is 0.459 e. The van der Waals surface area contributed by atoms with Gasteiger partial charge in [0, 0.05) is 0 Å². The van der Waals surface area contributed by atoms with Crippen molar-refractivity contribution in [3.63, 3.8) is 0 Å². The third-order valence-electron chi connectivity index (χ3n) is 4.08. The molecule has 27 heavy (non-hydrogen) atoms. The maximum atomic E-state index is 12.4. The van der Waals surface area contributed by atoms with Crippen LogP contribution in [0.15, 0.2) is 30.3 Å². The lowest BCUT2D eigenvalue weighted by molar-refractivity contribution is -0.149. The van der Waals surface area contributed by atoms with Crippen LogP contribution in [-0.2, 0) is 20.9 Å². The summed E-state index contributed by atoms with van der Waals surface area (Å²) in [6, 6.07) is 8.05. The lowest BCUT2D eigenvalue weighted by atomic mass is 10.1. The maximum absolute atomic E-state index is 12.4. The molecule has 2 atom stereocenters. The van der Waals surface area contributed by atoms with Gasteiger partial charge in [-0.05, 0) is 50.8 Å². The Balaban J connectivity index is 0.00000676. The van der Waals surface area contributed by atoms with Crippen molar-refractivity contribution in [3.8, 4) is 0 Å². The fourth-order valence-electron chi connectivity index (χ4n) is 2.49. The first-order valence-corrected chi connectivity index (χ1v) is 9.25. The second kappa shape index (κ2) is 15.4. The Morgan fingerprint density at radius 3 is 2.15 bits per heavy atom. The van der Waals surface area contributed by atoms with Crippen LogP contribution < -0.4 is 22.5 Å². The zero-order valence-electron chi connectivity index (χ0n) is 15.8. The summed E-state index contributed by atoms with van der Waals surface area (Å²) in [7, 11) is 0. The van der Waals surface area contributed by atoms with Gasteiger partial charge < -0.3 is 27.3 Å². The molecule has 0 unspecified atom stereocenters. The van der Waals surface area contributed by atoms with Crippen LogP contribution in [0.5, 0.6) is 0 Å². The Morgan fingerprint density at radius 1 is 0.963 bits per heavy atom. The van der Waals surface area contributed by atoms with E-state index in [1.807, 2.05) is 30.3 Å². The Hall–Kier alpha value is -1.67. The molecular formula is C19H33ClN4O3. The molecule has 154 valence electrons. The van der Waals surface area contributed by atoms with Crippen molar-refractivity contribution < 1.29 is 14.3 Å². The van der Waals surface area contributed by atoms with Gasteiger partial charge in [-0.15, -0.1) is 12.4 Å². The molecule has 0 aliphatic carbocycles. The molecule has 0 saturated carbocycles. The summed E-state index contributed by atoms with van der Waals surface area (Å²) in [5.74, 6) is -0.787. The Morgan fingerprint density at radius 2 is 1.56 bits per heavy atom. The summed E-state index contributed by atoms with van der Waals surface area (Å²) in [6.45, 7) is 1.28. The highest BCUT2D eigenvalue weighted by Gasteiger charge is 2.24. The van der Waals surface area contributed by atoms with Gasteiger partial charge in [0.2, 0.25) is 5.91 Å². The van der Waals surface area contributed by atoms with Gasteiger partial charge in [0.1, 0.15) is 12.6 Å². The molecule has 0 bridgehead atoms. The van der Waals surface area contributed by atoms with Gasteiger partial charge in [0.15, 0.2) is 0 Å². The lowest BCUT2D eigenvalue weighted by Crippen LogP contribution is -2.49. The summed E-state index contributed by atoms with van der Waals surface area (Å²) >= 11 is 0. The van der Waals surface area contributed by atoms with Crippen molar-refractivity contribution in [3.05, 3.63) is 35.9 Å². The number of ether oxygens (including phenoxy) is 1. The average molecular weight is 401 g/mol. The zero-order chi connectivity index (χ0) is 19.2. The standard InChI is InChI=1S/C19H32N4O3.ClH/c20-12-6-4-10-16(22)18(24)23-17(11-5-7-13-21)19(25)26-14-15-8-2-1-3-9-15;/h1-3,8-9,16-17H,4-7,10-14,20-22H2,(H,23,24);1H/t16-,17-;/m0./s1. The third kappa shape index (κ3) is 10.9. The number of esters is 1. The summed E-state index contributed by atoms with van der Waals surface area (Å²) in [6.07, 6.45) is 4.12. The molecule has 1 aromatic carbocycles. The molecule has 7 nitrogen and oxygen atoms in total. The second-order valence-electron chi connectivity index (χ2n) is 6.33. The maximum Gasteiger partial charge on any atom is 0.328 e. The number of unbranched alkanes of at least 4 members (excludes halogenated alkanes) is 2. The van der Waals surface area contributed by atoms with Gasteiger partial charge in [0.05, 0.1) is 6.04 Å². The fourth-order valence-corrected chi connectivity index (χ4v) is 2.49. The van der Waals surface area contributed by atoms with Crippen LogP contribution in [0.1, 0.15) is 44.1 Å². The molecule has 0 aliphatic rings. The second-order valence-corrected chi connectivity index (χ2v) is 6.33. The van der Waals surface area contributed by atoms with E-state index in [0.717, 1.165) is 31.2 Å². The van der Waals surface area contributed by atoms with Crippen molar-refractivity contribution in [1.82, 2.24) is 5.32 Å². The molecule has 0 aliphatic heterocycles. The molecule has 0 fully saturated rings. The van der Waals surface area contributed by atoms with E-state index >= 15 is 0 Å². The molecule has 1 amide bonds. The molecule has 1 aromatic rings. The molecule has 0 heterocycles. The molecule has 8 heteroatoms. The number of amides is 1. The van der Waals surface area contributed by atoms with E-state index in [1.54, 1.807) is 0 Å². The topological polar surface area (TPSA) is 133 Å². The highest BCUT2D eigenvalue weighted by atomic mass is 35.5. The summed E-state index contributed by atoms with van der Waals surface area (Å²) in [5.41, 5.74) is 17.8. The van der Waals surface area contributed by atoms with E-state index in [4.69, 9.17) is 21.9 Å². The highest BCUT2D eigenvalue weighted by Crippen LogP contribution is 2.07. The number of nitrogens with two attached hydrogens (primary N) is 3. The number of carbonyl (C=O) groups excluding carboxylic acids is 2. The summed E-state index contributed by atoms with van der Waals surface area (Å²) < 4.78 is 5.36. The Bertz CT molecular complexity index is 531. The van der Waals surface area contributed by atoms with Crippen molar-refractivity contribution >= 4 is 24.3 Å². The molecule has 0 radical (unpaired) electrons. The normalized spacial score (nSPS) is 12.6. The molecular weight excluding hydrogens is 368 g/mol. The monoisotopic (exact) mass is 400 g/mol. The van der Waals surface area contributed by atoms with Crippen molar-refractivity contribution in [2.45, 2.75) is 57.2 Å². The van der Waals surface area contributed by atoms with Gasteiger partial charge in [-0.2, -0.15) is 0 Å². The van der Waals surface area contributed by atoms with Crippen molar-refractivity contribution in [2.75, 3.05) is 13.1 Å². The number of benzene rings is 1. The molecule has 0 aromatic heterocycles. The van der Waals surface area contributed by atoms with Gasteiger partial charge >= 0.3 is 5.97 Å². The van der Waals surface area contributed by atoms with E-state index in [9.17, 15) is 9.59 Å². The van der Waals surface area contributed by atoms with Gasteiger partial charge in [-0.25, -0.2) is 4.79 Å². The minimum atomic E-state index is -0.710. The Labute approximate surface area is 167 Å². The van der Waals surface area contributed by atoms with E-state index in [1.165, 1.54) is 0 Å². The molecule has 1 rings (SSSR count). The number of halogens is 1. The van der Waals surface area contributed by atoms with Gasteiger partial charge in [-0.3, -0.25) is 4.79 Å². The Kier molecular flexibility index (Phi) is 14.4. The number of hydrogen-bond acceptors (Lipinski definition) is 6. The number of hydrogen-bond donors (Lipinski definition) is 4. The van der Waals surface area contributed by atoms with Crippen LogP contribution in [0.4, 0.5) is 0 Å². The minimum Gasteiger partial charge on any atom is -0.459 e. The third-order valence-corrected chi connectivity index (χ3v) is 4.08. The van der Waals surface area contributed by atoms with E-state index in [0.29, 0.717) is 25.9 Å². The van der Waals surface area contributed by atoms with E-state index < -0.39 is 18.1 Å². The van der Waals surface area contributed by atoms with Crippen LogP contribution in [0.3, 0.4) is 0 Å². The molecule has 7 N–H and O–H groups in total. The first kappa shape index (κ1) is 25.3. The lowest BCUT2D eigenvalue weighted by Gasteiger charge is -2.20. The van der Waals surface area contributed by atoms with Crippen molar-refractivity contribution in [1.29, 1.82) is 0 Å². The number of nitrogens with one attached hydrogen (secondary N) is 1. The van der Waals surface area contributed by atoms with E-state index in [-0.39, 0.29) is 24.9 Å². The van der Waals surface area contributed by atoms with Crippen LogP contribution >= 0.6 is 12.4 Å². The summed E-state index contributed by atoms with van der Waals surface area (Å²) in [5, 5.41) is 2.73. The zero-order valence-corrected chi connectivity index (χ0v) is 16.6. The molecule has 0 saturated heterocycles. The quantitative estimate of drug-likeness (QED) is 0.290. The number of rotatable bonds is 13. The highest BCUT2D eigenvalue weighted by molar-refractivity contribution is 5.87. The van der Waals surface area contributed by atoms with Crippen LogP contribution in [-0.4, -0.2) is 37.0 Å².